The van der Waals surface area contributed by atoms with Gasteiger partial charge in [0.1, 0.15) is 0 Å². The van der Waals surface area contributed by atoms with Crippen LogP contribution >= 0.6 is 24.0 Å². The molecule has 0 bridgehead atoms. The highest BCUT2D eigenvalue weighted by molar-refractivity contribution is 14.0. The van der Waals surface area contributed by atoms with Crippen LogP contribution in [0.5, 0.6) is 0 Å². The molecule has 172 valence electrons. The minimum atomic E-state index is 0. The summed E-state index contributed by atoms with van der Waals surface area (Å²) < 4.78 is 11.2. The zero-order valence-corrected chi connectivity index (χ0v) is 21.1. The van der Waals surface area contributed by atoms with Gasteiger partial charge in [-0.25, -0.2) is 0 Å². The topological polar surface area (TPSA) is 58.1 Å². The Balaban J connectivity index is 0.00000450. The molecule has 1 aromatic carbocycles. The van der Waals surface area contributed by atoms with Gasteiger partial charge in [0, 0.05) is 65.3 Å². The van der Waals surface area contributed by atoms with E-state index in [1.807, 2.05) is 0 Å². The van der Waals surface area contributed by atoms with Crippen LogP contribution < -0.4 is 15.5 Å². The van der Waals surface area contributed by atoms with Crippen LogP contribution in [0.25, 0.3) is 0 Å². The maximum absolute atomic E-state index is 5.82. The van der Waals surface area contributed by atoms with Gasteiger partial charge in [-0.3, -0.25) is 4.99 Å². The average Bonchev–Trinajstić information content (AvgIpc) is 2.77. The Morgan fingerprint density at radius 1 is 1.13 bits per heavy atom. The van der Waals surface area contributed by atoms with E-state index in [-0.39, 0.29) is 24.0 Å². The van der Waals surface area contributed by atoms with E-state index >= 15 is 0 Å². The number of benzene rings is 1. The van der Waals surface area contributed by atoms with Gasteiger partial charge in [0.2, 0.25) is 0 Å². The summed E-state index contributed by atoms with van der Waals surface area (Å²) in [4.78, 5) is 6.97. The van der Waals surface area contributed by atoms with E-state index in [4.69, 9.17) is 9.47 Å². The number of aliphatic imine (C=N–C) groups is 1. The lowest BCUT2D eigenvalue weighted by Gasteiger charge is -2.21. The third-order valence-electron chi connectivity index (χ3n) is 5.17. The lowest BCUT2D eigenvalue weighted by Crippen LogP contribution is -2.38. The van der Waals surface area contributed by atoms with Crippen molar-refractivity contribution < 1.29 is 9.47 Å². The second-order valence-electron chi connectivity index (χ2n) is 7.64. The van der Waals surface area contributed by atoms with Crippen molar-refractivity contribution in [3.63, 3.8) is 0 Å². The van der Waals surface area contributed by atoms with E-state index in [2.05, 4.69) is 64.8 Å². The Hall–Kier alpha value is -1.06. The van der Waals surface area contributed by atoms with Crippen molar-refractivity contribution in [1.29, 1.82) is 0 Å². The summed E-state index contributed by atoms with van der Waals surface area (Å²) in [7, 11) is 2.15. The van der Waals surface area contributed by atoms with Crippen molar-refractivity contribution in [3.05, 3.63) is 30.3 Å². The molecule has 0 unspecified atom stereocenters. The first-order chi connectivity index (χ1) is 14.3. The summed E-state index contributed by atoms with van der Waals surface area (Å²) in [5.74, 6) is 1.58. The van der Waals surface area contributed by atoms with Crippen LogP contribution in [0.2, 0.25) is 0 Å². The number of para-hydroxylation sites is 1. The van der Waals surface area contributed by atoms with E-state index in [1.165, 1.54) is 5.69 Å². The highest BCUT2D eigenvalue weighted by atomic mass is 127. The Morgan fingerprint density at radius 2 is 1.90 bits per heavy atom. The van der Waals surface area contributed by atoms with E-state index in [1.54, 1.807) is 0 Å². The third-order valence-corrected chi connectivity index (χ3v) is 5.17. The standard InChI is InChI=1S/C23H40N4O2.HI/c1-3-24-23(26-15-9-17-29-20-21-12-18-28-19-13-21)25-14-7-8-16-27(2)22-10-5-4-6-11-22;/h4-6,10-11,21H,3,7-9,12-20H2,1-2H3,(H2,24,25,26);1H. The van der Waals surface area contributed by atoms with Crippen molar-refractivity contribution >= 4 is 35.6 Å². The summed E-state index contributed by atoms with van der Waals surface area (Å²) in [6.07, 6.45) is 5.50. The highest BCUT2D eigenvalue weighted by Gasteiger charge is 2.13. The molecule has 7 heteroatoms. The first-order valence-corrected chi connectivity index (χ1v) is 11.2. The van der Waals surface area contributed by atoms with E-state index in [9.17, 15) is 0 Å². The molecule has 0 atom stereocenters. The summed E-state index contributed by atoms with van der Waals surface area (Å²) in [5.41, 5.74) is 1.27. The van der Waals surface area contributed by atoms with Gasteiger partial charge >= 0.3 is 0 Å². The Bertz CT molecular complexity index is 553. The number of hydrogen-bond acceptors (Lipinski definition) is 4. The number of ether oxygens (including phenoxy) is 2. The number of guanidine groups is 1. The zero-order valence-electron chi connectivity index (χ0n) is 18.8. The van der Waals surface area contributed by atoms with Crippen LogP contribution in [0.1, 0.15) is 39.0 Å². The fourth-order valence-corrected chi connectivity index (χ4v) is 3.35. The maximum atomic E-state index is 5.82. The fourth-order valence-electron chi connectivity index (χ4n) is 3.35. The van der Waals surface area contributed by atoms with Gasteiger partial charge in [-0.15, -0.1) is 24.0 Å². The average molecular weight is 533 g/mol. The number of halogens is 1. The van der Waals surface area contributed by atoms with Crippen LogP contribution in [0.15, 0.2) is 35.3 Å². The lowest BCUT2D eigenvalue weighted by molar-refractivity contribution is 0.0205. The Morgan fingerprint density at radius 3 is 2.63 bits per heavy atom. The number of hydrogen-bond donors (Lipinski definition) is 2. The Kier molecular flexibility index (Phi) is 15.8. The number of unbranched alkanes of at least 4 members (excludes halogenated alkanes) is 1. The molecule has 0 spiro atoms. The molecule has 0 saturated carbocycles. The number of nitrogens with one attached hydrogen (secondary N) is 2. The second kappa shape index (κ2) is 17.6. The first kappa shape index (κ1) is 27.0. The normalized spacial score (nSPS) is 14.8. The molecule has 1 saturated heterocycles. The summed E-state index contributed by atoms with van der Waals surface area (Å²) in [6.45, 7) is 9.19. The molecule has 30 heavy (non-hydrogen) atoms. The molecule has 1 aliphatic rings. The maximum Gasteiger partial charge on any atom is 0.191 e. The molecule has 6 nitrogen and oxygen atoms in total. The fraction of sp³-hybridized carbons (Fsp3) is 0.696. The van der Waals surface area contributed by atoms with Gasteiger partial charge < -0.3 is 25.0 Å². The molecule has 1 aliphatic heterocycles. The number of nitrogens with zero attached hydrogens (tertiary/aromatic N) is 2. The van der Waals surface area contributed by atoms with Gasteiger partial charge in [-0.05, 0) is 57.1 Å². The number of rotatable bonds is 13. The predicted molar refractivity (Wildman–Crippen MR) is 137 cm³/mol. The minimum Gasteiger partial charge on any atom is -0.381 e. The SMILES string of the molecule is CCNC(=NCCCOCC1CCOCC1)NCCCCN(C)c1ccccc1.I. The summed E-state index contributed by atoms with van der Waals surface area (Å²) >= 11 is 0. The molecular formula is C23H41IN4O2. The van der Waals surface area contributed by atoms with Crippen LogP contribution in [0.3, 0.4) is 0 Å². The van der Waals surface area contributed by atoms with Crippen molar-refractivity contribution in [1.82, 2.24) is 10.6 Å². The van der Waals surface area contributed by atoms with E-state index < -0.39 is 0 Å². The predicted octanol–water partition coefficient (Wildman–Crippen LogP) is 3.91. The Labute approximate surface area is 200 Å². The van der Waals surface area contributed by atoms with E-state index in [0.717, 1.165) is 90.7 Å². The summed E-state index contributed by atoms with van der Waals surface area (Å²) in [6, 6.07) is 10.5. The monoisotopic (exact) mass is 532 g/mol. The van der Waals surface area contributed by atoms with Crippen LogP contribution in [0, 0.1) is 5.92 Å². The molecule has 0 aromatic heterocycles. The van der Waals surface area contributed by atoms with Gasteiger partial charge in [0.15, 0.2) is 5.96 Å². The van der Waals surface area contributed by atoms with Crippen LogP contribution in [0.4, 0.5) is 5.69 Å². The molecule has 2 N–H and O–H groups in total. The lowest BCUT2D eigenvalue weighted by atomic mass is 10.0. The largest absolute Gasteiger partial charge is 0.381 e. The van der Waals surface area contributed by atoms with Gasteiger partial charge in [0.05, 0.1) is 0 Å². The molecule has 0 amide bonds. The molecule has 0 radical (unpaired) electrons. The quantitative estimate of drug-likeness (QED) is 0.175. The van der Waals surface area contributed by atoms with Gasteiger partial charge in [0.25, 0.3) is 0 Å². The van der Waals surface area contributed by atoms with Crippen LogP contribution in [-0.4, -0.2) is 65.6 Å². The number of anilines is 1. The van der Waals surface area contributed by atoms with Crippen molar-refractivity contribution in [2.75, 3.05) is 64.6 Å². The minimum absolute atomic E-state index is 0. The molecule has 2 rings (SSSR count). The summed E-state index contributed by atoms with van der Waals surface area (Å²) in [5, 5.41) is 6.77. The van der Waals surface area contributed by atoms with Crippen LogP contribution in [-0.2, 0) is 9.47 Å². The van der Waals surface area contributed by atoms with Crippen molar-refractivity contribution in [2.24, 2.45) is 10.9 Å². The molecule has 1 fully saturated rings. The van der Waals surface area contributed by atoms with E-state index in [0.29, 0.717) is 5.92 Å². The highest BCUT2D eigenvalue weighted by Crippen LogP contribution is 2.14. The smallest absolute Gasteiger partial charge is 0.191 e. The zero-order chi connectivity index (χ0) is 20.6. The third kappa shape index (κ3) is 12.0. The molecule has 0 aliphatic carbocycles. The molecule has 1 aromatic rings. The second-order valence-corrected chi connectivity index (χ2v) is 7.64. The van der Waals surface area contributed by atoms with Gasteiger partial charge in [-0.1, -0.05) is 18.2 Å². The van der Waals surface area contributed by atoms with Crippen molar-refractivity contribution in [2.45, 2.75) is 39.0 Å². The first-order valence-electron chi connectivity index (χ1n) is 11.2. The van der Waals surface area contributed by atoms with Crippen molar-refractivity contribution in [3.8, 4) is 0 Å². The molecule has 1 heterocycles. The molecular weight excluding hydrogens is 491 g/mol. The van der Waals surface area contributed by atoms with Gasteiger partial charge in [-0.2, -0.15) is 0 Å².